The van der Waals surface area contributed by atoms with E-state index in [9.17, 15) is 54.6 Å². The number of rotatable bonds is 12. The second-order valence-corrected chi connectivity index (χ2v) is 13.9. The summed E-state index contributed by atoms with van der Waals surface area (Å²) in [5.74, 6) is -4.45. The zero-order valence-electron chi connectivity index (χ0n) is 29.4. The fourth-order valence-corrected chi connectivity index (χ4v) is 7.53. The molecule has 3 amide bonds. The number of hydrazone groups is 1. The van der Waals surface area contributed by atoms with Crippen LogP contribution in [0.25, 0.3) is 0 Å². The van der Waals surface area contributed by atoms with Crippen molar-refractivity contribution < 1.29 is 64.1 Å². The quantitative estimate of drug-likeness (QED) is 0.0394. The van der Waals surface area contributed by atoms with Crippen molar-refractivity contribution in [2.24, 2.45) is 10.8 Å². The second-order valence-electron chi connectivity index (χ2n) is 13.9. The van der Waals surface area contributed by atoms with Crippen molar-refractivity contribution in [3.05, 3.63) is 69.3 Å². The maximum Gasteiger partial charge on any atom is 0.253 e. The number of phenols is 2. The number of aliphatic hydroxyl groups is 4. The molecule has 1 unspecified atom stereocenters. The third-order valence-corrected chi connectivity index (χ3v) is 10.4. The normalized spacial score (nSPS) is 26.5. The van der Waals surface area contributed by atoms with Crippen LogP contribution in [0.3, 0.4) is 0 Å². The number of hydrogen-bond acceptors (Lipinski definition) is 15. The van der Waals surface area contributed by atoms with E-state index < -0.39 is 114 Å². The molecule has 0 spiro atoms. The molecule has 2 aromatic rings. The average molecular weight is 751 g/mol. The standard InChI is InChI=1S/C37H42N4O13/c1-17-32(47)21(38)12-27(53-17)54-22-14-37(52,23(16-43)39-40-24(44)8-3-2-4-11-41-25(45)9-10-26(41)46)13-20-29(22)36(51)31-30(34(20)49)33(48)19-7-5-6-18(15-42)28(19)35(31)50/h5-7,9-10,17,21-22,27,32,42-43,47,49,51-52H,2-4,8,11-16,38H2,1H3,(H,40,44)/b39-23+/t17?,21-,22+,27+,32+,37+/m1/s1. The third-order valence-electron chi connectivity index (χ3n) is 10.4. The van der Waals surface area contributed by atoms with Crippen LogP contribution in [0.15, 0.2) is 35.5 Å². The average Bonchev–Trinajstić information content (AvgIpc) is 3.46. The molecule has 288 valence electrons. The van der Waals surface area contributed by atoms with Gasteiger partial charge in [-0.2, -0.15) is 5.10 Å². The highest BCUT2D eigenvalue weighted by molar-refractivity contribution is 6.31. The van der Waals surface area contributed by atoms with E-state index in [1.807, 2.05) is 0 Å². The van der Waals surface area contributed by atoms with Gasteiger partial charge < -0.3 is 45.8 Å². The second kappa shape index (κ2) is 15.5. The van der Waals surface area contributed by atoms with Gasteiger partial charge in [-0.1, -0.05) is 24.6 Å². The molecule has 0 radical (unpaired) electrons. The van der Waals surface area contributed by atoms with Crippen molar-refractivity contribution in [2.75, 3.05) is 13.2 Å². The van der Waals surface area contributed by atoms with E-state index >= 15 is 0 Å². The van der Waals surface area contributed by atoms with Crippen molar-refractivity contribution in [3.63, 3.8) is 0 Å². The Morgan fingerprint density at radius 2 is 1.74 bits per heavy atom. The largest absolute Gasteiger partial charge is 0.507 e. The van der Waals surface area contributed by atoms with E-state index in [4.69, 9.17) is 15.2 Å². The monoisotopic (exact) mass is 750 g/mol. The lowest BCUT2D eigenvalue weighted by molar-refractivity contribution is -0.245. The van der Waals surface area contributed by atoms with Crippen LogP contribution < -0.4 is 11.2 Å². The van der Waals surface area contributed by atoms with Gasteiger partial charge in [-0.05, 0) is 25.3 Å². The van der Waals surface area contributed by atoms with Gasteiger partial charge in [0.2, 0.25) is 5.91 Å². The number of fused-ring (bicyclic) bond motifs is 3. The van der Waals surface area contributed by atoms with E-state index in [0.29, 0.717) is 19.3 Å². The molecule has 2 heterocycles. The Kier molecular flexibility index (Phi) is 11.1. The molecule has 54 heavy (non-hydrogen) atoms. The number of nitrogens with two attached hydrogens (primary N) is 1. The van der Waals surface area contributed by atoms with E-state index in [-0.39, 0.29) is 52.9 Å². The van der Waals surface area contributed by atoms with Crippen molar-refractivity contribution in [1.29, 1.82) is 0 Å². The molecule has 4 aliphatic rings. The van der Waals surface area contributed by atoms with Gasteiger partial charge >= 0.3 is 0 Å². The summed E-state index contributed by atoms with van der Waals surface area (Å²) >= 11 is 0. The smallest absolute Gasteiger partial charge is 0.253 e. The Hall–Kier alpha value is -4.88. The first-order chi connectivity index (χ1) is 25.7. The van der Waals surface area contributed by atoms with Crippen molar-refractivity contribution >= 4 is 35.0 Å². The molecule has 17 heteroatoms. The SMILES string of the molecule is CC1O[C@@H](O[C@H]2C[C@](O)(/C(CO)=N/NC(=O)CCCCCN3C(=O)C=CC3=O)Cc3c(O)c4c(c(O)c32)C(=O)c2c(CO)cccc2C4=O)C[C@@H](N)[C@H]1O. The van der Waals surface area contributed by atoms with E-state index in [2.05, 4.69) is 10.5 Å². The van der Waals surface area contributed by atoms with Gasteiger partial charge in [-0.25, -0.2) is 5.43 Å². The number of hydrogen-bond donors (Lipinski definition) is 8. The summed E-state index contributed by atoms with van der Waals surface area (Å²) < 4.78 is 12.0. The molecule has 0 aromatic heterocycles. The minimum absolute atomic E-state index is 0.0188. The first-order valence-corrected chi connectivity index (χ1v) is 17.6. The van der Waals surface area contributed by atoms with Crippen molar-refractivity contribution in [3.8, 4) is 11.5 Å². The lowest BCUT2D eigenvalue weighted by Gasteiger charge is -2.43. The molecule has 9 N–H and O–H groups in total. The summed E-state index contributed by atoms with van der Waals surface area (Å²) in [6, 6.07) is 3.47. The summed E-state index contributed by atoms with van der Waals surface area (Å²) in [6.07, 6.45) is -1.68. The first kappa shape index (κ1) is 38.8. The maximum atomic E-state index is 13.9. The van der Waals surface area contributed by atoms with E-state index in [0.717, 1.165) is 4.90 Å². The number of amides is 3. The Bertz CT molecular complexity index is 1930. The lowest BCUT2D eigenvalue weighted by Crippen LogP contribution is -2.53. The van der Waals surface area contributed by atoms with Crippen LogP contribution in [0.1, 0.15) is 100 Å². The predicted octanol–water partition coefficient (Wildman–Crippen LogP) is -0.126. The Morgan fingerprint density at radius 3 is 2.41 bits per heavy atom. The number of carbonyl (C=O) groups excluding carboxylic acids is 5. The zero-order chi connectivity index (χ0) is 39.1. The first-order valence-electron chi connectivity index (χ1n) is 17.6. The minimum atomic E-state index is -2.17. The summed E-state index contributed by atoms with van der Waals surface area (Å²) in [7, 11) is 0. The van der Waals surface area contributed by atoms with Crippen LogP contribution in [0.2, 0.25) is 0 Å². The number of aliphatic hydroxyl groups excluding tert-OH is 3. The van der Waals surface area contributed by atoms with Gasteiger partial charge in [0.05, 0.1) is 48.4 Å². The number of nitrogens with one attached hydrogen (secondary N) is 1. The predicted molar refractivity (Wildman–Crippen MR) is 186 cm³/mol. The summed E-state index contributed by atoms with van der Waals surface area (Å²) in [4.78, 5) is 65.0. The minimum Gasteiger partial charge on any atom is -0.507 e. The number of ether oxygens (including phenoxy) is 2. The van der Waals surface area contributed by atoms with Crippen LogP contribution in [0.4, 0.5) is 0 Å². The molecule has 6 atom stereocenters. The molecule has 6 rings (SSSR count). The van der Waals surface area contributed by atoms with Gasteiger partial charge in [0, 0.05) is 72.7 Å². The molecular weight excluding hydrogens is 708 g/mol. The van der Waals surface area contributed by atoms with E-state index in [1.165, 1.54) is 30.4 Å². The molecule has 1 fully saturated rings. The van der Waals surface area contributed by atoms with Crippen LogP contribution in [0, 0.1) is 0 Å². The third kappa shape index (κ3) is 7.06. The fraction of sp³-hybridized carbons (Fsp3) is 0.459. The number of nitrogens with zero attached hydrogens (tertiary/aromatic N) is 2. The molecule has 0 bridgehead atoms. The number of unbranched alkanes of at least 4 members (excludes halogenated alkanes) is 2. The van der Waals surface area contributed by atoms with Gasteiger partial charge in [0.1, 0.15) is 17.1 Å². The van der Waals surface area contributed by atoms with Crippen LogP contribution in [-0.2, 0) is 36.9 Å². The number of ketones is 2. The Balaban J connectivity index is 1.29. The van der Waals surface area contributed by atoms with Crippen LogP contribution >= 0.6 is 0 Å². The Morgan fingerprint density at radius 1 is 1.04 bits per heavy atom. The number of imide groups is 1. The number of benzene rings is 2. The molecule has 2 aliphatic carbocycles. The molecule has 0 saturated carbocycles. The molecule has 2 aromatic carbocycles. The molecule has 1 saturated heterocycles. The molecule has 2 aliphatic heterocycles. The van der Waals surface area contributed by atoms with Crippen molar-refractivity contribution in [2.45, 2.75) is 94.7 Å². The number of phenolic OH excluding ortho intramolecular Hbond substituents is 2. The fourth-order valence-electron chi connectivity index (χ4n) is 7.53. The lowest BCUT2D eigenvalue weighted by atomic mass is 9.71. The van der Waals surface area contributed by atoms with Gasteiger partial charge in [-0.3, -0.25) is 28.9 Å². The highest BCUT2D eigenvalue weighted by Gasteiger charge is 2.49. The molecule has 17 nitrogen and oxygen atoms in total. The summed E-state index contributed by atoms with van der Waals surface area (Å²) in [5, 5.41) is 70.3. The number of carbonyl (C=O) groups is 5. The van der Waals surface area contributed by atoms with Gasteiger partial charge in [0.15, 0.2) is 17.9 Å². The van der Waals surface area contributed by atoms with Gasteiger partial charge in [0.25, 0.3) is 11.8 Å². The van der Waals surface area contributed by atoms with Crippen LogP contribution in [0.5, 0.6) is 11.5 Å². The highest BCUT2D eigenvalue weighted by atomic mass is 16.7. The Labute approximate surface area is 308 Å². The summed E-state index contributed by atoms with van der Waals surface area (Å²) in [5.41, 5.74) is 4.39. The van der Waals surface area contributed by atoms with E-state index in [1.54, 1.807) is 6.92 Å². The van der Waals surface area contributed by atoms with Crippen molar-refractivity contribution in [1.82, 2.24) is 10.3 Å². The molecular formula is C37H42N4O13. The topological polar surface area (TPSA) is 279 Å². The zero-order valence-corrected chi connectivity index (χ0v) is 29.4. The van der Waals surface area contributed by atoms with Crippen LogP contribution in [-0.4, -0.2) is 114 Å². The maximum absolute atomic E-state index is 13.9. The number of aromatic hydroxyl groups is 2. The summed E-state index contributed by atoms with van der Waals surface area (Å²) in [6.45, 7) is 0.302. The highest BCUT2D eigenvalue weighted by Crippen LogP contribution is 2.52. The van der Waals surface area contributed by atoms with Gasteiger partial charge in [-0.15, -0.1) is 0 Å².